The number of thioether (sulfide) groups is 1. The summed E-state index contributed by atoms with van der Waals surface area (Å²) in [5.74, 6) is -5.13. The molecule has 1 aromatic heterocycles. The summed E-state index contributed by atoms with van der Waals surface area (Å²) in [6, 6.07) is -5.51. The summed E-state index contributed by atoms with van der Waals surface area (Å²) in [6.07, 6.45) is 2.65. The number of aliphatic carboxylic acids is 2. The first-order valence-electron chi connectivity index (χ1n) is 10.2. The van der Waals surface area contributed by atoms with Gasteiger partial charge in [-0.25, -0.2) is 9.78 Å². The molecule has 0 saturated heterocycles. The summed E-state index contributed by atoms with van der Waals surface area (Å²) < 4.78 is 0. The molecule has 190 valence electrons. The maximum atomic E-state index is 12.8. The first-order valence-corrected chi connectivity index (χ1v) is 11.6. The number of aliphatic hydroxyl groups excluding tert-OH is 1. The van der Waals surface area contributed by atoms with Gasteiger partial charge in [-0.2, -0.15) is 11.8 Å². The van der Waals surface area contributed by atoms with Gasteiger partial charge in [-0.3, -0.25) is 19.2 Å². The van der Waals surface area contributed by atoms with Gasteiger partial charge in [0.2, 0.25) is 17.7 Å². The average molecular weight is 503 g/mol. The third-order valence-corrected chi connectivity index (χ3v) is 5.28. The highest BCUT2D eigenvalue weighted by atomic mass is 32.2. The normalized spacial score (nSPS) is 15.3. The molecule has 0 aromatic carbocycles. The van der Waals surface area contributed by atoms with E-state index in [1.54, 1.807) is 6.26 Å². The number of aliphatic hydroxyl groups is 1. The Morgan fingerprint density at radius 2 is 1.71 bits per heavy atom. The highest BCUT2D eigenvalue weighted by molar-refractivity contribution is 7.98. The standard InChI is InChI=1S/C19H30N6O8S/c1-9(26)15(19(32)33)25-18(31)13(6-14(27)28)24-17(30)12(3-4-34-2)23-16(29)11(20)5-10-7-21-8-22-10/h7-9,11-13,15,26H,3-6,20H2,1-2H3,(H,21,22)(H,23,29)(H,24,30)(H,25,31)(H,27,28)(H,32,33). The van der Waals surface area contributed by atoms with E-state index in [1.165, 1.54) is 24.3 Å². The third kappa shape index (κ3) is 9.76. The molecular weight excluding hydrogens is 472 g/mol. The number of carbonyl (C=O) groups excluding carboxylic acids is 3. The van der Waals surface area contributed by atoms with Crippen LogP contribution in [0.4, 0.5) is 0 Å². The Hall–Kier alpha value is -3.17. The number of nitrogens with zero attached hydrogens (tertiary/aromatic N) is 1. The molecule has 0 aliphatic carbocycles. The molecule has 0 aliphatic rings. The predicted octanol–water partition coefficient (Wildman–Crippen LogP) is -2.57. The number of aromatic amines is 1. The first-order chi connectivity index (χ1) is 16.0. The number of rotatable bonds is 15. The Labute approximate surface area is 199 Å². The van der Waals surface area contributed by atoms with Crippen molar-refractivity contribution in [3.8, 4) is 0 Å². The number of hydrogen-bond acceptors (Lipinski definition) is 9. The van der Waals surface area contributed by atoms with Gasteiger partial charge in [-0.15, -0.1) is 0 Å². The molecule has 0 radical (unpaired) electrons. The van der Waals surface area contributed by atoms with Crippen LogP contribution >= 0.6 is 11.8 Å². The van der Waals surface area contributed by atoms with Crippen molar-refractivity contribution in [3.05, 3.63) is 18.2 Å². The van der Waals surface area contributed by atoms with E-state index >= 15 is 0 Å². The van der Waals surface area contributed by atoms with Crippen molar-refractivity contribution in [1.29, 1.82) is 0 Å². The summed E-state index contributed by atoms with van der Waals surface area (Å²) in [5.41, 5.74) is 6.50. The monoisotopic (exact) mass is 502 g/mol. The number of aromatic nitrogens is 2. The Kier molecular flexibility index (Phi) is 12.0. The lowest BCUT2D eigenvalue weighted by molar-refractivity contribution is -0.146. The van der Waals surface area contributed by atoms with Gasteiger partial charge >= 0.3 is 11.9 Å². The molecule has 3 amide bonds. The van der Waals surface area contributed by atoms with Crippen LogP contribution in [-0.4, -0.2) is 97.2 Å². The van der Waals surface area contributed by atoms with Gasteiger partial charge in [0.15, 0.2) is 6.04 Å². The van der Waals surface area contributed by atoms with Gasteiger partial charge in [-0.05, 0) is 25.4 Å². The predicted molar refractivity (Wildman–Crippen MR) is 121 cm³/mol. The molecule has 15 heteroatoms. The molecule has 0 aliphatic heterocycles. The number of nitrogens with one attached hydrogen (secondary N) is 4. The van der Waals surface area contributed by atoms with E-state index in [0.717, 1.165) is 6.92 Å². The number of carboxylic acid groups (broad SMARTS) is 2. The van der Waals surface area contributed by atoms with Crippen LogP contribution in [0, 0.1) is 0 Å². The molecule has 1 rings (SSSR count). The lowest BCUT2D eigenvalue weighted by Crippen LogP contribution is -2.58. The van der Waals surface area contributed by atoms with Gasteiger partial charge in [0.25, 0.3) is 0 Å². The largest absolute Gasteiger partial charge is 0.481 e. The molecule has 1 aromatic rings. The Balaban J connectivity index is 2.93. The topological polar surface area (TPSA) is 237 Å². The highest BCUT2D eigenvalue weighted by Gasteiger charge is 2.33. The molecule has 5 unspecified atom stereocenters. The second-order valence-electron chi connectivity index (χ2n) is 7.45. The molecule has 34 heavy (non-hydrogen) atoms. The fraction of sp³-hybridized carbons (Fsp3) is 0.579. The second kappa shape index (κ2) is 14.2. The third-order valence-electron chi connectivity index (χ3n) is 4.63. The lowest BCUT2D eigenvalue weighted by Gasteiger charge is -2.25. The summed E-state index contributed by atoms with van der Waals surface area (Å²) in [4.78, 5) is 66.9. The van der Waals surface area contributed by atoms with E-state index in [9.17, 15) is 29.1 Å². The summed E-state index contributed by atoms with van der Waals surface area (Å²) in [6.45, 7) is 1.13. The van der Waals surface area contributed by atoms with Gasteiger partial charge in [-0.1, -0.05) is 0 Å². The van der Waals surface area contributed by atoms with Gasteiger partial charge < -0.3 is 42.0 Å². The second-order valence-corrected chi connectivity index (χ2v) is 8.44. The average Bonchev–Trinajstić information content (AvgIpc) is 3.26. The number of carbonyl (C=O) groups is 5. The van der Waals surface area contributed by atoms with Crippen molar-refractivity contribution in [2.75, 3.05) is 12.0 Å². The highest BCUT2D eigenvalue weighted by Crippen LogP contribution is 2.05. The van der Waals surface area contributed by atoms with Crippen molar-refractivity contribution in [2.45, 2.75) is 56.5 Å². The van der Waals surface area contributed by atoms with Gasteiger partial charge in [0.05, 0.1) is 24.9 Å². The number of carboxylic acids is 2. The zero-order valence-corrected chi connectivity index (χ0v) is 19.5. The minimum Gasteiger partial charge on any atom is -0.481 e. The van der Waals surface area contributed by atoms with Crippen molar-refractivity contribution >= 4 is 41.4 Å². The van der Waals surface area contributed by atoms with Crippen molar-refractivity contribution in [3.63, 3.8) is 0 Å². The van der Waals surface area contributed by atoms with Gasteiger partial charge in [0.1, 0.15) is 12.1 Å². The van der Waals surface area contributed by atoms with Crippen molar-refractivity contribution in [1.82, 2.24) is 25.9 Å². The Morgan fingerprint density at radius 1 is 1.09 bits per heavy atom. The maximum Gasteiger partial charge on any atom is 0.328 e. The molecule has 9 N–H and O–H groups in total. The minimum absolute atomic E-state index is 0.128. The van der Waals surface area contributed by atoms with Crippen LogP contribution in [0.1, 0.15) is 25.5 Å². The van der Waals surface area contributed by atoms with E-state index in [-0.39, 0.29) is 12.8 Å². The zero-order chi connectivity index (χ0) is 25.8. The number of hydrogen-bond donors (Lipinski definition) is 8. The summed E-state index contributed by atoms with van der Waals surface area (Å²) >= 11 is 1.40. The minimum atomic E-state index is -1.71. The summed E-state index contributed by atoms with van der Waals surface area (Å²) in [5, 5.41) is 34.5. The van der Waals surface area contributed by atoms with Crippen molar-refractivity contribution < 1.29 is 39.3 Å². The molecule has 1 heterocycles. The van der Waals surface area contributed by atoms with Crippen LogP contribution in [0.15, 0.2) is 12.5 Å². The number of H-pyrrole nitrogens is 1. The molecule has 0 saturated carbocycles. The molecule has 0 spiro atoms. The van der Waals surface area contributed by atoms with Crippen LogP contribution in [-0.2, 0) is 30.4 Å². The number of amides is 3. The SMILES string of the molecule is CSCCC(NC(=O)C(N)Cc1cnc[nH]1)C(=O)NC(CC(=O)O)C(=O)NC(C(=O)O)C(C)O. The fourth-order valence-corrected chi connectivity index (χ4v) is 3.28. The van der Waals surface area contributed by atoms with Crippen LogP contribution < -0.4 is 21.7 Å². The molecule has 5 atom stereocenters. The number of nitrogens with two attached hydrogens (primary N) is 1. The quantitative estimate of drug-likeness (QED) is 0.124. The molecule has 0 fully saturated rings. The Bertz CT molecular complexity index is 850. The van der Waals surface area contributed by atoms with E-state index < -0.39 is 66.4 Å². The Morgan fingerprint density at radius 3 is 2.21 bits per heavy atom. The maximum absolute atomic E-state index is 12.8. The first kappa shape index (κ1) is 28.9. The molecule has 14 nitrogen and oxygen atoms in total. The van der Waals surface area contributed by atoms with Crippen LogP contribution in [0.2, 0.25) is 0 Å². The van der Waals surface area contributed by atoms with Crippen LogP contribution in [0.25, 0.3) is 0 Å². The van der Waals surface area contributed by atoms with E-state index in [1.807, 2.05) is 5.32 Å². The number of imidazole rings is 1. The fourth-order valence-electron chi connectivity index (χ4n) is 2.81. The smallest absolute Gasteiger partial charge is 0.328 e. The van der Waals surface area contributed by atoms with E-state index in [4.69, 9.17) is 15.9 Å². The van der Waals surface area contributed by atoms with Crippen molar-refractivity contribution in [2.24, 2.45) is 5.73 Å². The van der Waals surface area contributed by atoms with E-state index in [2.05, 4.69) is 20.6 Å². The summed E-state index contributed by atoms with van der Waals surface area (Å²) in [7, 11) is 0. The van der Waals surface area contributed by atoms with Crippen LogP contribution in [0.5, 0.6) is 0 Å². The van der Waals surface area contributed by atoms with E-state index in [0.29, 0.717) is 11.4 Å². The van der Waals surface area contributed by atoms with Crippen LogP contribution in [0.3, 0.4) is 0 Å². The zero-order valence-electron chi connectivity index (χ0n) is 18.7. The molecular formula is C19H30N6O8S. The molecule has 0 bridgehead atoms. The lowest BCUT2D eigenvalue weighted by atomic mass is 10.1. The van der Waals surface area contributed by atoms with Gasteiger partial charge in [0, 0.05) is 18.3 Å².